The summed E-state index contributed by atoms with van der Waals surface area (Å²) < 4.78 is 10.8. The van der Waals surface area contributed by atoms with Crippen LogP contribution in [0.15, 0.2) is 23.3 Å². The van der Waals surface area contributed by atoms with Crippen molar-refractivity contribution in [3.8, 4) is 0 Å². The quantitative estimate of drug-likeness (QED) is 0.499. The van der Waals surface area contributed by atoms with Gasteiger partial charge in [0.05, 0.1) is 0 Å². The summed E-state index contributed by atoms with van der Waals surface area (Å²) in [5.41, 5.74) is 0.718. The monoisotopic (exact) mass is 428 g/mol. The lowest BCUT2D eigenvalue weighted by Crippen LogP contribution is -2.57. The molecule has 0 spiro atoms. The Morgan fingerprint density at radius 3 is 2.48 bits per heavy atom. The highest BCUT2D eigenvalue weighted by Gasteiger charge is 2.67. The summed E-state index contributed by atoms with van der Waals surface area (Å²) in [5, 5.41) is 0. The van der Waals surface area contributed by atoms with Gasteiger partial charge in [-0.15, -0.1) is 0 Å². The zero-order chi connectivity index (χ0) is 22.6. The average molecular weight is 429 g/mol. The topological polar surface area (TPSA) is 86.7 Å². The molecule has 0 aliphatic heterocycles. The van der Waals surface area contributed by atoms with Crippen LogP contribution in [0.4, 0.5) is 0 Å². The molecule has 0 aromatic carbocycles. The summed E-state index contributed by atoms with van der Waals surface area (Å²) in [6.07, 6.45) is 9.21. The summed E-state index contributed by atoms with van der Waals surface area (Å²) in [6.45, 7) is 6.54. The van der Waals surface area contributed by atoms with Crippen molar-refractivity contribution < 1.29 is 28.7 Å². The number of allylic oxidation sites excluding steroid dienone is 4. The van der Waals surface area contributed by atoms with Crippen molar-refractivity contribution in [2.75, 3.05) is 6.61 Å². The van der Waals surface area contributed by atoms with Crippen LogP contribution in [0.2, 0.25) is 0 Å². The first-order chi connectivity index (χ1) is 14.5. The van der Waals surface area contributed by atoms with Gasteiger partial charge in [-0.2, -0.15) is 0 Å². The molecule has 0 bridgehead atoms. The Kier molecular flexibility index (Phi) is 5.26. The molecule has 4 rings (SSSR count). The van der Waals surface area contributed by atoms with Crippen molar-refractivity contribution in [2.24, 2.45) is 22.7 Å². The van der Waals surface area contributed by atoms with Gasteiger partial charge in [0.25, 0.3) is 0 Å². The minimum absolute atomic E-state index is 0.0907. The molecule has 2 fully saturated rings. The SMILES string of the molecule is CC(=O)OCC(=O)[C@@]1(OC(C)=O)CC[C@H]2[C@@H]3CCC4=CC(=O)CC[C@]4(C)C3=CC[C@@]21C. The molecule has 6 heteroatoms. The number of ketones is 2. The van der Waals surface area contributed by atoms with Gasteiger partial charge >= 0.3 is 11.9 Å². The van der Waals surface area contributed by atoms with Crippen LogP contribution in [0.25, 0.3) is 0 Å². The van der Waals surface area contributed by atoms with E-state index in [1.807, 2.05) is 6.08 Å². The van der Waals surface area contributed by atoms with Crippen molar-refractivity contribution in [3.63, 3.8) is 0 Å². The summed E-state index contributed by atoms with van der Waals surface area (Å²) in [5.74, 6) is -0.622. The van der Waals surface area contributed by atoms with E-state index in [0.717, 1.165) is 25.7 Å². The Labute approximate surface area is 183 Å². The zero-order valence-electron chi connectivity index (χ0n) is 18.9. The second-order valence-electron chi connectivity index (χ2n) is 10.2. The van der Waals surface area contributed by atoms with Crippen LogP contribution >= 0.6 is 0 Å². The zero-order valence-corrected chi connectivity index (χ0v) is 18.9. The average Bonchev–Trinajstić information content (AvgIpc) is 2.99. The molecular formula is C25H32O6. The molecule has 0 unspecified atom stereocenters. The molecule has 0 heterocycles. The fourth-order valence-corrected chi connectivity index (χ4v) is 7.06. The number of carbonyl (C=O) groups is 4. The molecule has 5 atom stereocenters. The van der Waals surface area contributed by atoms with E-state index in [4.69, 9.17) is 9.47 Å². The van der Waals surface area contributed by atoms with E-state index in [-0.39, 0.29) is 29.5 Å². The fraction of sp³-hybridized carbons (Fsp3) is 0.680. The molecule has 0 N–H and O–H groups in total. The minimum atomic E-state index is -1.28. The lowest BCUT2D eigenvalue weighted by Gasteiger charge is -2.55. The number of Topliss-reactive ketones (excluding diaryl/α,β-unsaturated/α-hetero) is 1. The van der Waals surface area contributed by atoms with E-state index in [9.17, 15) is 19.2 Å². The number of hydrogen-bond donors (Lipinski definition) is 0. The first-order valence-corrected chi connectivity index (χ1v) is 11.3. The van der Waals surface area contributed by atoms with E-state index in [0.29, 0.717) is 25.2 Å². The Balaban J connectivity index is 1.73. The number of ether oxygens (including phenoxy) is 2. The van der Waals surface area contributed by atoms with Gasteiger partial charge in [-0.25, -0.2) is 0 Å². The maximum Gasteiger partial charge on any atom is 0.303 e. The Hall–Kier alpha value is -2.24. The van der Waals surface area contributed by atoms with Crippen molar-refractivity contribution >= 4 is 23.5 Å². The van der Waals surface area contributed by atoms with E-state index < -0.39 is 23.0 Å². The minimum Gasteiger partial charge on any atom is -0.458 e. The highest BCUT2D eigenvalue weighted by Crippen LogP contribution is 2.66. The molecule has 168 valence electrons. The summed E-state index contributed by atoms with van der Waals surface area (Å²) in [6, 6.07) is 0. The number of rotatable bonds is 4. The van der Waals surface area contributed by atoms with Gasteiger partial charge in [0, 0.05) is 31.1 Å². The largest absolute Gasteiger partial charge is 0.458 e. The van der Waals surface area contributed by atoms with Gasteiger partial charge in [-0.1, -0.05) is 31.1 Å². The Bertz CT molecular complexity index is 913. The third-order valence-corrected chi connectivity index (χ3v) is 8.63. The third-order valence-electron chi connectivity index (χ3n) is 8.63. The van der Waals surface area contributed by atoms with Gasteiger partial charge in [0.2, 0.25) is 5.78 Å². The highest BCUT2D eigenvalue weighted by atomic mass is 16.6. The van der Waals surface area contributed by atoms with Gasteiger partial charge in [-0.3, -0.25) is 19.2 Å². The summed E-state index contributed by atoms with van der Waals surface area (Å²) in [4.78, 5) is 48.7. The number of hydrogen-bond acceptors (Lipinski definition) is 6. The van der Waals surface area contributed by atoms with Gasteiger partial charge < -0.3 is 9.47 Å². The van der Waals surface area contributed by atoms with Gasteiger partial charge in [-0.05, 0) is 56.4 Å². The summed E-state index contributed by atoms with van der Waals surface area (Å²) >= 11 is 0. The van der Waals surface area contributed by atoms with E-state index in [1.54, 1.807) is 0 Å². The number of esters is 2. The van der Waals surface area contributed by atoms with Crippen LogP contribution < -0.4 is 0 Å². The predicted octanol–water partition coefficient (Wildman–Crippen LogP) is 3.87. The van der Waals surface area contributed by atoms with Gasteiger partial charge in [0.15, 0.2) is 18.0 Å². The highest BCUT2D eigenvalue weighted by molar-refractivity contribution is 5.93. The number of fused-ring (bicyclic) bond motifs is 5. The van der Waals surface area contributed by atoms with Crippen LogP contribution in [-0.2, 0) is 28.7 Å². The maximum atomic E-state index is 13.3. The molecule has 2 saturated carbocycles. The Morgan fingerprint density at radius 2 is 1.81 bits per heavy atom. The van der Waals surface area contributed by atoms with Gasteiger partial charge in [0.1, 0.15) is 0 Å². The van der Waals surface area contributed by atoms with Crippen LogP contribution in [0.5, 0.6) is 0 Å². The van der Waals surface area contributed by atoms with Crippen molar-refractivity contribution in [1.82, 2.24) is 0 Å². The first-order valence-electron chi connectivity index (χ1n) is 11.3. The lowest BCUT2D eigenvalue weighted by atomic mass is 9.50. The first kappa shape index (κ1) is 22.0. The molecule has 0 radical (unpaired) electrons. The molecule has 0 amide bonds. The van der Waals surface area contributed by atoms with E-state index >= 15 is 0 Å². The van der Waals surface area contributed by atoms with Crippen LogP contribution in [0.1, 0.15) is 72.6 Å². The molecule has 0 saturated heterocycles. The second-order valence-corrected chi connectivity index (χ2v) is 10.2. The van der Waals surface area contributed by atoms with Crippen LogP contribution in [0, 0.1) is 22.7 Å². The standard InChI is InChI=1S/C25H32O6/c1-15(26)30-14-22(29)25(31-16(2)27)12-9-21-19-6-5-17-13-18(28)7-10-23(17,3)20(19)8-11-24(21,25)4/h8,13,19,21H,5-7,9-12,14H2,1-4H3/t19-,21+,23+,24+,25+/m1/s1. The van der Waals surface area contributed by atoms with E-state index in [1.165, 1.54) is 25.0 Å². The normalized spacial score (nSPS) is 38.8. The molecular weight excluding hydrogens is 396 g/mol. The van der Waals surface area contributed by atoms with Crippen LogP contribution in [-0.4, -0.2) is 35.7 Å². The molecule has 4 aliphatic carbocycles. The van der Waals surface area contributed by atoms with Crippen molar-refractivity contribution in [1.29, 1.82) is 0 Å². The number of carbonyl (C=O) groups excluding carboxylic acids is 4. The van der Waals surface area contributed by atoms with E-state index in [2.05, 4.69) is 19.9 Å². The lowest BCUT2D eigenvalue weighted by molar-refractivity contribution is -0.184. The Morgan fingerprint density at radius 1 is 1.06 bits per heavy atom. The van der Waals surface area contributed by atoms with Crippen LogP contribution in [0.3, 0.4) is 0 Å². The molecule has 6 nitrogen and oxygen atoms in total. The third kappa shape index (κ3) is 3.21. The summed E-state index contributed by atoms with van der Waals surface area (Å²) in [7, 11) is 0. The van der Waals surface area contributed by atoms with Crippen molar-refractivity contribution in [3.05, 3.63) is 23.3 Å². The second kappa shape index (κ2) is 7.42. The maximum absolute atomic E-state index is 13.3. The predicted molar refractivity (Wildman–Crippen MR) is 113 cm³/mol. The molecule has 0 aromatic rings. The van der Waals surface area contributed by atoms with Crippen molar-refractivity contribution in [2.45, 2.75) is 78.2 Å². The molecule has 4 aliphatic rings. The fourth-order valence-electron chi connectivity index (χ4n) is 7.06. The molecule has 0 aromatic heterocycles. The molecule has 31 heavy (non-hydrogen) atoms. The smallest absolute Gasteiger partial charge is 0.303 e.